The van der Waals surface area contributed by atoms with E-state index in [1.807, 2.05) is 0 Å². The van der Waals surface area contributed by atoms with E-state index in [0.717, 1.165) is 0 Å². The fourth-order valence-electron chi connectivity index (χ4n) is 1.69. The van der Waals surface area contributed by atoms with Crippen molar-refractivity contribution < 1.29 is 24.2 Å². The molecule has 1 unspecified atom stereocenters. The molecule has 1 rings (SSSR count). The molecule has 1 saturated heterocycles. The van der Waals surface area contributed by atoms with Gasteiger partial charge in [-0.15, -0.1) is 0 Å². The number of carboxylic acid groups (broad SMARTS) is 1. The van der Waals surface area contributed by atoms with Crippen molar-refractivity contribution in [1.82, 2.24) is 15.5 Å². The monoisotopic (exact) mass is 273 g/mol. The van der Waals surface area contributed by atoms with Gasteiger partial charge in [0.25, 0.3) is 0 Å². The molecule has 1 aliphatic heterocycles. The number of carboxylic acids is 1. The topological polar surface area (TPSA) is 108 Å². The van der Waals surface area contributed by atoms with E-state index in [1.54, 1.807) is 6.92 Å². The summed E-state index contributed by atoms with van der Waals surface area (Å²) in [7, 11) is 0. The molecule has 2 atom stereocenters. The molecule has 1 fully saturated rings. The molecule has 19 heavy (non-hydrogen) atoms. The summed E-state index contributed by atoms with van der Waals surface area (Å²) in [6, 6.07) is -2.31. The number of urea groups is 1. The minimum atomic E-state index is -1.13. The molecule has 8 nitrogen and oxygen atoms in total. The van der Waals surface area contributed by atoms with Crippen LogP contribution in [0, 0.1) is 0 Å². The van der Waals surface area contributed by atoms with Crippen LogP contribution in [0.15, 0.2) is 0 Å². The van der Waals surface area contributed by atoms with Gasteiger partial charge in [-0.3, -0.25) is 9.59 Å². The number of nitrogens with one attached hydrogen (secondary N) is 2. The van der Waals surface area contributed by atoms with Gasteiger partial charge in [0, 0.05) is 13.1 Å². The molecule has 0 spiro atoms. The summed E-state index contributed by atoms with van der Waals surface area (Å²) in [5, 5.41) is 13.7. The Bertz CT molecular complexity index is 360. The average molecular weight is 273 g/mol. The SMILES string of the molecule is CCNC(=O)C1COCCN1C(=O)N[C@@H](C)C(=O)O. The fraction of sp³-hybridized carbons (Fsp3) is 0.727. The highest BCUT2D eigenvalue weighted by atomic mass is 16.5. The zero-order valence-corrected chi connectivity index (χ0v) is 11.0. The van der Waals surface area contributed by atoms with Gasteiger partial charge in [0.05, 0.1) is 13.2 Å². The number of aliphatic carboxylic acids is 1. The largest absolute Gasteiger partial charge is 0.480 e. The lowest BCUT2D eigenvalue weighted by atomic mass is 10.2. The van der Waals surface area contributed by atoms with Gasteiger partial charge in [0.1, 0.15) is 12.1 Å². The van der Waals surface area contributed by atoms with Crippen molar-refractivity contribution in [2.75, 3.05) is 26.3 Å². The van der Waals surface area contributed by atoms with Crippen molar-refractivity contribution in [3.05, 3.63) is 0 Å². The standard InChI is InChI=1S/C11H19N3O5/c1-3-12-9(15)8-6-19-5-4-14(8)11(18)13-7(2)10(16)17/h7-8H,3-6H2,1-2H3,(H,12,15)(H,13,18)(H,16,17)/t7-,8?/m0/s1. The first kappa shape index (κ1) is 15.2. The highest BCUT2D eigenvalue weighted by Crippen LogP contribution is 2.08. The maximum atomic E-state index is 11.9. The minimum absolute atomic E-state index is 0.112. The quantitative estimate of drug-likeness (QED) is 0.609. The van der Waals surface area contributed by atoms with Crippen LogP contribution < -0.4 is 10.6 Å². The predicted molar refractivity (Wildman–Crippen MR) is 65.6 cm³/mol. The molecule has 0 aromatic carbocycles. The highest BCUT2D eigenvalue weighted by Gasteiger charge is 2.33. The van der Waals surface area contributed by atoms with Crippen molar-refractivity contribution >= 4 is 17.9 Å². The highest BCUT2D eigenvalue weighted by molar-refractivity contribution is 5.89. The Morgan fingerprint density at radius 3 is 2.74 bits per heavy atom. The van der Waals surface area contributed by atoms with Crippen LogP contribution in [0.1, 0.15) is 13.8 Å². The van der Waals surface area contributed by atoms with E-state index < -0.39 is 24.1 Å². The number of amides is 3. The lowest BCUT2D eigenvalue weighted by Gasteiger charge is -2.34. The fourth-order valence-corrected chi connectivity index (χ4v) is 1.69. The van der Waals surface area contributed by atoms with Gasteiger partial charge in [-0.2, -0.15) is 0 Å². The normalized spacial score (nSPS) is 20.5. The number of morpholine rings is 1. The molecule has 3 N–H and O–H groups in total. The van der Waals surface area contributed by atoms with Crippen LogP contribution in [0.5, 0.6) is 0 Å². The number of carbonyl (C=O) groups excluding carboxylic acids is 2. The van der Waals surface area contributed by atoms with E-state index in [9.17, 15) is 14.4 Å². The minimum Gasteiger partial charge on any atom is -0.480 e. The molecule has 8 heteroatoms. The molecule has 0 saturated carbocycles. The second-order valence-corrected chi connectivity index (χ2v) is 4.19. The van der Waals surface area contributed by atoms with Gasteiger partial charge in [0.2, 0.25) is 5.91 Å². The van der Waals surface area contributed by atoms with Crippen LogP contribution in [0.2, 0.25) is 0 Å². The van der Waals surface area contributed by atoms with Gasteiger partial charge < -0.3 is 25.4 Å². The lowest BCUT2D eigenvalue weighted by Crippen LogP contribution is -2.59. The number of likely N-dealkylation sites (N-methyl/N-ethyl adjacent to an activating group) is 1. The number of hydrogen-bond donors (Lipinski definition) is 3. The molecule has 0 aromatic rings. The van der Waals surface area contributed by atoms with E-state index in [-0.39, 0.29) is 19.1 Å². The summed E-state index contributed by atoms with van der Waals surface area (Å²) in [4.78, 5) is 35.7. The Morgan fingerprint density at radius 2 is 2.16 bits per heavy atom. The molecule has 0 radical (unpaired) electrons. The number of ether oxygens (including phenoxy) is 1. The average Bonchev–Trinajstić information content (AvgIpc) is 2.38. The summed E-state index contributed by atoms with van der Waals surface area (Å²) in [6.45, 7) is 4.28. The Kier molecular flexibility index (Phi) is 5.56. The van der Waals surface area contributed by atoms with Crippen molar-refractivity contribution in [3.8, 4) is 0 Å². The summed E-state index contributed by atoms with van der Waals surface area (Å²) in [5.41, 5.74) is 0. The summed E-state index contributed by atoms with van der Waals surface area (Å²) < 4.78 is 5.18. The number of rotatable bonds is 4. The zero-order chi connectivity index (χ0) is 14.4. The molecule has 0 aromatic heterocycles. The predicted octanol–water partition coefficient (Wildman–Crippen LogP) is -0.994. The third-order valence-electron chi connectivity index (χ3n) is 2.75. The first-order valence-electron chi connectivity index (χ1n) is 6.12. The molecule has 1 heterocycles. The Morgan fingerprint density at radius 1 is 1.47 bits per heavy atom. The van der Waals surface area contributed by atoms with Crippen LogP contribution in [0.4, 0.5) is 4.79 Å². The van der Waals surface area contributed by atoms with Crippen molar-refractivity contribution in [3.63, 3.8) is 0 Å². The van der Waals surface area contributed by atoms with Crippen molar-refractivity contribution in [2.24, 2.45) is 0 Å². The molecule has 0 bridgehead atoms. The van der Waals surface area contributed by atoms with E-state index in [2.05, 4.69) is 10.6 Å². The van der Waals surface area contributed by atoms with Crippen molar-refractivity contribution in [2.45, 2.75) is 25.9 Å². The second kappa shape index (κ2) is 6.93. The van der Waals surface area contributed by atoms with E-state index in [0.29, 0.717) is 13.2 Å². The van der Waals surface area contributed by atoms with E-state index in [4.69, 9.17) is 9.84 Å². The molecule has 0 aliphatic carbocycles. The number of nitrogens with zero attached hydrogens (tertiary/aromatic N) is 1. The lowest BCUT2D eigenvalue weighted by molar-refractivity contribution is -0.138. The van der Waals surface area contributed by atoms with Crippen LogP contribution in [0.3, 0.4) is 0 Å². The van der Waals surface area contributed by atoms with Crippen LogP contribution in [0.25, 0.3) is 0 Å². The summed E-state index contributed by atoms with van der Waals surface area (Å²) in [6.07, 6.45) is 0. The smallest absolute Gasteiger partial charge is 0.325 e. The zero-order valence-electron chi connectivity index (χ0n) is 11.0. The Labute approximate surface area is 111 Å². The molecular weight excluding hydrogens is 254 g/mol. The summed E-state index contributed by atoms with van der Waals surface area (Å²) >= 11 is 0. The maximum absolute atomic E-state index is 11.9. The van der Waals surface area contributed by atoms with Crippen LogP contribution in [-0.2, 0) is 14.3 Å². The maximum Gasteiger partial charge on any atom is 0.325 e. The Hall–Kier alpha value is -1.83. The number of carbonyl (C=O) groups is 3. The van der Waals surface area contributed by atoms with Crippen LogP contribution in [-0.4, -0.2) is 66.3 Å². The van der Waals surface area contributed by atoms with Gasteiger partial charge in [-0.1, -0.05) is 0 Å². The van der Waals surface area contributed by atoms with Gasteiger partial charge in [-0.05, 0) is 13.8 Å². The first-order chi connectivity index (χ1) is 8.97. The third-order valence-corrected chi connectivity index (χ3v) is 2.75. The van der Waals surface area contributed by atoms with E-state index in [1.165, 1.54) is 11.8 Å². The van der Waals surface area contributed by atoms with Gasteiger partial charge >= 0.3 is 12.0 Å². The van der Waals surface area contributed by atoms with E-state index >= 15 is 0 Å². The molecule has 108 valence electrons. The first-order valence-corrected chi connectivity index (χ1v) is 6.12. The van der Waals surface area contributed by atoms with Crippen LogP contribution >= 0.6 is 0 Å². The van der Waals surface area contributed by atoms with Crippen molar-refractivity contribution in [1.29, 1.82) is 0 Å². The molecular formula is C11H19N3O5. The third kappa shape index (κ3) is 4.09. The van der Waals surface area contributed by atoms with Gasteiger partial charge in [-0.25, -0.2) is 4.79 Å². The Balaban J connectivity index is 2.68. The second-order valence-electron chi connectivity index (χ2n) is 4.19. The molecule has 1 aliphatic rings. The number of hydrogen-bond acceptors (Lipinski definition) is 4. The van der Waals surface area contributed by atoms with Gasteiger partial charge in [0.15, 0.2) is 0 Å². The molecule has 3 amide bonds. The summed E-state index contributed by atoms with van der Waals surface area (Å²) in [5.74, 6) is -1.43.